The number of carbonyl (C=O) groups is 1. The van der Waals surface area contributed by atoms with Crippen molar-refractivity contribution in [2.75, 3.05) is 26.8 Å². The number of ether oxygens (including phenoxy) is 1. The topological polar surface area (TPSA) is 96.8 Å². The number of sulfonamides is 1. The average molecular weight is 306 g/mol. The lowest BCUT2D eigenvalue weighted by Gasteiger charge is -2.19. The fraction of sp³-hybridized carbons (Fsp3) is 0.400. The fourth-order valence-electron chi connectivity index (χ4n) is 1.32. The second-order valence-corrected chi connectivity index (χ2v) is 6.43. The van der Waals surface area contributed by atoms with Crippen molar-refractivity contribution in [3.05, 3.63) is 23.9 Å². The Bertz CT molecular complexity index is 552. The summed E-state index contributed by atoms with van der Waals surface area (Å²) in [7, 11) is -2.46. The maximum Gasteiger partial charge on any atom is 0.356 e. The van der Waals surface area contributed by atoms with Crippen LogP contribution in [0.25, 0.3) is 0 Å². The number of hydrogen-bond acceptors (Lipinski definition) is 6. The van der Waals surface area contributed by atoms with Crippen molar-refractivity contribution >= 4 is 27.3 Å². The third-order valence-electron chi connectivity index (χ3n) is 2.19. The highest BCUT2D eigenvalue weighted by Crippen LogP contribution is 2.24. The molecule has 1 rings (SSSR count). The molecule has 0 aliphatic heterocycles. The van der Waals surface area contributed by atoms with Gasteiger partial charge in [-0.05, 0) is 0 Å². The maximum absolute atomic E-state index is 12.3. The van der Waals surface area contributed by atoms with Gasteiger partial charge in [0.25, 0.3) is 10.0 Å². The Morgan fingerprint density at radius 2 is 2.37 bits per heavy atom. The largest absolute Gasteiger partial charge is 0.476 e. The molecule has 0 amide bonds. The van der Waals surface area contributed by atoms with E-state index in [1.807, 2.05) is 0 Å². The predicted octanol–water partition coefficient (Wildman–Crippen LogP) is 0.664. The van der Waals surface area contributed by atoms with E-state index in [4.69, 9.17) is 9.84 Å². The molecule has 0 saturated heterocycles. The number of carboxylic acid groups (broad SMARTS) is 1. The predicted molar refractivity (Wildman–Crippen MR) is 69.9 cm³/mol. The third-order valence-corrected chi connectivity index (χ3v) is 5.40. The van der Waals surface area contributed by atoms with Crippen LogP contribution in [-0.2, 0) is 14.8 Å². The molecule has 0 bridgehead atoms. The molecule has 19 heavy (non-hydrogen) atoms. The molecule has 0 saturated carbocycles. The van der Waals surface area contributed by atoms with E-state index in [-0.39, 0.29) is 23.9 Å². The molecule has 0 aliphatic carbocycles. The van der Waals surface area contributed by atoms with E-state index in [9.17, 15) is 13.2 Å². The standard InChI is InChI=1S/C10H14N2O5S2/c1-3-4-12(5-6-17-2)19(15,16)10-8(9(13)14)11-7-18-10/h3,7H,1,4-6H2,2H3,(H,13,14). The van der Waals surface area contributed by atoms with Gasteiger partial charge in [0.2, 0.25) is 0 Å². The minimum absolute atomic E-state index is 0.0721. The van der Waals surface area contributed by atoms with E-state index < -0.39 is 21.7 Å². The number of hydrogen-bond donors (Lipinski definition) is 1. The van der Waals surface area contributed by atoms with Gasteiger partial charge in [0.1, 0.15) is 0 Å². The lowest BCUT2D eigenvalue weighted by atomic mass is 10.5. The van der Waals surface area contributed by atoms with Gasteiger partial charge >= 0.3 is 5.97 Å². The van der Waals surface area contributed by atoms with Crippen molar-refractivity contribution in [2.24, 2.45) is 0 Å². The van der Waals surface area contributed by atoms with Crippen LogP contribution in [0.5, 0.6) is 0 Å². The minimum atomic E-state index is -3.91. The molecule has 1 N–H and O–H groups in total. The van der Waals surface area contributed by atoms with E-state index in [2.05, 4.69) is 11.6 Å². The molecule has 106 valence electrons. The van der Waals surface area contributed by atoms with Crippen molar-refractivity contribution in [3.8, 4) is 0 Å². The highest BCUT2D eigenvalue weighted by Gasteiger charge is 2.30. The Balaban J connectivity index is 3.14. The number of aromatic nitrogens is 1. The van der Waals surface area contributed by atoms with Gasteiger partial charge in [0.05, 0.1) is 12.1 Å². The number of carboxylic acids is 1. The summed E-state index contributed by atoms with van der Waals surface area (Å²) in [5.41, 5.74) is 0.732. The fourth-order valence-corrected chi connectivity index (χ4v) is 4.00. The van der Waals surface area contributed by atoms with Gasteiger partial charge in [0.15, 0.2) is 9.90 Å². The Hall–Kier alpha value is -1.29. The Morgan fingerprint density at radius 3 is 2.89 bits per heavy atom. The zero-order valence-electron chi connectivity index (χ0n) is 10.3. The Morgan fingerprint density at radius 1 is 1.68 bits per heavy atom. The van der Waals surface area contributed by atoms with Crippen LogP contribution in [0.1, 0.15) is 10.5 Å². The Kier molecular flexibility index (Phi) is 5.60. The molecule has 0 fully saturated rings. The summed E-state index contributed by atoms with van der Waals surface area (Å²) in [6, 6.07) is 0. The monoisotopic (exact) mass is 306 g/mol. The summed E-state index contributed by atoms with van der Waals surface area (Å²) < 4.78 is 30.3. The molecule has 1 heterocycles. The first-order chi connectivity index (χ1) is 8.95. The number of rotatable bonds is 8. The van der Waals surface area contributed by atoms with Crippen LogP contribution < -0.4 is 0 Å². The molecule has 0 aromatic carbocycles. The molecule has 0 unspecified atom stereocenters. The van der Waals surface area contributed by atoms with E-state index in [0.29, 0.717) is 0 Å². The first kappa shape index (κ1) is 15.8. The molecule has 0 aliphatic rings. The zero-order chi connectivity index (χ0) is 14.5. The van der Waals surface area contributed by atoms with Crippen LogP contribution in [0, 0.1) is 0 Å². The van der Waals surface area contributed by atoms with Crippen LogP contribution in [0.15, 0.2) is 22.4 Å². The molecule has 1 aromatic rings. The van der Waals surface area contributed by atoms with Gasteiger partial charge in [-0.1, -0.05) is 6.08 Å². The van der Waals surface area contributed by atoms with Crippen molar-refractivity contribution in [2.45, 2.75) is 4.21 Å². The van der Waals surface area contributed by atoms with Gasteiger partial charge in [-0.2, -0.15) is 4.31 Å². The molecule has 0 spiro atoms. The van der Waals surface area contributed by atoms with E-state index in [1.54, 1.807) is 0 Å². The quantitative estimate of drug-likeness (QED) is 0.709. The molecular weight excluding hydrogens is 292 g/mol. The molecular formula is C10H14N2O5S2. The van der Waals surface area contributed by atoms with Gasteiger partial charge in [-0.15, -0.1) is 17.9 Å². The van der Waals surface area contributed by atoms with E-state index in [1.165, 1.54) is 18.7 Å². The summed E-state index contributed by atoms with van der Waals surface area (Å²) >= 11 is 0.776. The van der Waals surface area contributed by atoms with Crippen LogP contribution in [0.3, 0.4) is 0 Å². The van der Waals surface area contributed by atoms with Crippen molar-refractivity contribution in [1.82, 2.24) is 9.29 Å². The smallest absolute Gasteiger partial charge is 0.356 e. The summed E-state index contributed by atoms with van der Waals surface area (Å²) in [5, 5.41) is 8.92. The molecule has 1 aromatic heterocycles. The minimum Gasteiger partial charge on any atom is -0.476 e. The van der Waals surface area contributed by atoms with Crippen LogP contribution in [0.4, 0.5) is 0 Å². The lowest BCUT2D eigenvalue weighted by Crippen LogP contribution is -2.34. The summed E-state index contributed by atoms with van der Waals surface area (Å²) in [6.07, 6.45) is 1.43. The van der Waals surface area contributed by atoms with Gasteiger partial charge in [0, 0.05) is 20.2 Å². The SMILES string of the molecule is C=CCN(CCOC)S(=O)(=O)c1scnc1C(=O)O. The van der Waals surface area contributed by atoms with Gasteiger partial charge in [-0.25, -0.2) is 18.2 Å². The van der Waals surface area contributed by atoms with Crippen molar-refractivity contribution in [1.29, 1.82) is 0 Å². The summed E-state index contributed by atoms with van der Waals surface area (Å²) in [6.45, 7) is 3.87. The summed E-state index contributed by atoms with van der Waals surface area (Å²) in [4.78, 5) is 14.5. The van der Waals surface area contributed by atoms with Gasteiger partial charge < -0.3 is 9.84 Å². The third kappa shape index (κ3) is 3.60. The molecule has 7 nitrogen and oxygen atoms in total. The maximum atomic E-state index is 12.3. The normalized spacial score (nSPS) is 11.7. The lowest BCUT2D eigenvalue weighted by molar-refractivity contribution is 0.0687. The first-order valence-electron chi connectivity index (χ1n) is 5.22. The van der Waals surface area contributed by atoms with Crippen molar-refractivity contribution < 1.29 is 23.1 Å². The first-order valence-corrected chi connectivity index (χ1v) is 7.53. The van der Waals surface area contributed by atoms with E-state index >= 15 is 0 Å². The van der Waals surface area contributed by atoms with Crippen LogP contribution >= 0.6 is 11.3 Å². The van der Waals surface area contributed by atoms with Crippen LogP contribution in [-0.4, -0.2) is 55.6 Å². The molecule has 0 atom stereocenters. The average Bonchev–Trinajstić information content (AvgIpc) is 2.84. The molecule has 0 radical (unpaired) electrons. The number of thiazole rings is 1. The Labute approximate surface area is 115 Å². The highest BCUT2D eigenvalue weighted by atomic mass is 32.2. The summed E-state index contributed by atoms with van der Waals surface area (Å²) in [5.74, 6) is -1.37. The number of aromatic carboxylic acids is 1. The van der Waals surface area contributed by atoms with E-state index in [0.717, 1.165) is 15.6 Å². The van der Waals surface area contributed by atoms with Crippen LogP contribution in [0.2, 0.25) is 0 Å². The second kappa shape index (κ2) is 6.75. The number of nitrogens with zero attached hydrogens (tertiary/aromatic N) is 2. The highest BCUT2D eigenvalue weighted by molar-refractivity contribution is 7.91. The second-order valence-electron chi connectivity index (χ2n) is 3.44. The molecule has 9 heteroatoms. The zero-order valence-corrected chi connectivity index (χ0v) is 11.9. The number of methoxy groups -OCH3 is 1. The van der Waals surface area contributed by atoms with Crippen molar-refractivity contribution in [3.63, 3.8) is 0 Å². The van der Waals surface area contributed by atoms with Gasteiger partial charge in [-0.3, -0.25) is 0 Å².